The van der Waals surface area contributed by atoms with Gasteiger partial charge in [-0.15, -0.1) is 0 Å². The number of hydrogen-bond donors (Lipinski definition) is 1. The van der Waals surface area contributed by atoms with E-state index in [1.165, 1.54) is 4.57 Å². The van der Waals surface area contributed by atoms with Crippen LogP contribution in [0.25, 0.3) is 0 Å². The maximum Gasteiger partial charge on any atom is 0.347 e. The normalized spacial score (nSPS) is 10.0. The zero-order valence-electron chi connectivity index (χ0n) is 7.53. The molecule has 1 aromatic heterocycles. The van der Waals surface area contributed by atoms with Gasteiger partial charge in [0.1, 0.15) is 0 Å². The number of nitrogens with zero attached hydrogens (tertiary/aromatic N) is 2. The Labute approximate surface area is 82.5 Å². The first-order valence-electron chi connectivity index (χ1n) is 3.94. The summed E-state index contributed by atoms with van der Waals surface area (Å²) in [6.07, 6.45) is 3.33. The fourth-order valence-corrected chi connectivity index (χ4v) is 1.07. The first-order chi connectivity index (χ1) is 6.13. The van der Waals surface area contributed by atoms with Crippen molar-refractivity contribution in [3.63, 3.8) is 0 Å². The van der Waals surface area contributed by atoms with E-state index in [2.05, 4.69) is 24.2 Å². The van der Waals surface area contributed by atoms with Crippen molar-refractivity contribution in [2.24, 2.45) is 0 Å². The van der Waals surface area contributed by atoms with Gasteiger partial charge in [0.05, 0.1) is 0 Å². The van der Waals surface area contributed by atoms with Crippen LogP contribution >= 0.6 is 12.6 Å². The van der Waals surface area contributed by atoms with Crippen LogP contribution in [0.4, 0.5) is 0 Å². The third-order valence-corrected chi connectivity index (χ3v) is 2.05. The van der Waals surface area contributed by atoms with Crippen LogP contribution in [0.15, 0.2) is 29.3 Å². The maximum atomic E-state index is 11.2. The number of aryl methyl sites for hydroxylation is 1. The Morgan fingerprint density at radius 2 is 2.46 bits per heavy atom. The second-order valence-corrected chi connectivity index (χ2v) is 3.27. The quantitative estimate of drug-likeness (QED) is 0.579. The lowest BCUT2D eigenvalue weighted by atomic mass is 10.3. The first-order valence-corrected chi connectivity index (χ1v) is 4.57. The van der Waals surface area contributed by atoms with Crippen molar-refractivity contribution >= 4 is 12.6 Å². The van der Waals surface area contributed by atoms with Crippen molar-refractivity contribution in [3.05, 3.63) is 40.6 Å². The fourth-order valence-electron chi connectivity index (χ4n) is 0.970. The summed E-state index contributed by atoms with van der Waals surface area (Å²) in [5, 5.41) is 0. The van der Waals surface area contributed by atoms with Crippen LogP contribution in [0.1, 0.15) is 5.56 Å². The third-order valence-electron chi connectivity index (χ3n) is 1.60. The molecule has 0 amide bonds. The van der Waals surface area contributed by atoms with E-state index in [-0.39, 0.29) is 5.69 Å². The Morgan fingerprint density at radius 1 is 1.77 bits per heavy atom. The van der Waals surface area contributed by atoms with Crippen LogP contribution in [-0.2, 0) is 6.54 Å². The van der Waals surface area contributed by atoms with E-state index in [1.807, 2.05) is 6.92 Å². The average molecular weight is 196 g/mol. The molecular weight excluding hydrogens is 184 g/mol. The summed E-state index contributed by atoms with van der Waals surface area (Å²) in [4.78, 5) is 14.9. The van der Waals surface area contributed by atoms with Gasteiger partial charge in [-0.05, 0) is 18.1 Å². The molecule has 0 saturated heterocycles. The monoisotopic (exact) mass is 196 g/mol. The first kappa shape index (κ1) is 10.1. The number of thiol groups is 1. The average Bonchev–Trinajstić information content (AvgIpc) is 2.11. The standard InChI is InChI=1S/C9H12N2OS/c1-7-3-10-9(12)11(4-7)5-8(2)6-13/h3-4,13H,2,5-6H2,1H3. The van der Waals surface area contributed by atoms with Gasteiger partial charge in [0.15, 0.2) is 0 Å². The molecule has 0 bridgehead atoms. The van der Waals surface area contributed by atoms with Gasteiger partial charge in [0.25, 0.3) is 0 Å². The predicted octanol–water partition coefficient (Wildman–Crippen LogP) is 1.04. The van der Waals surface area contributed by atoms with Crippen molar-refractivity contribution < 1.29 is 0 Å². The Bertz CT molecular complexity index is 370. The Hall–Kier alpha value is -1.03. The summed E-state index contributed by atoms with van der Waals surface area (Å²) in [7, 11) is 0. The van der Waals surface area contributed by atoms with Gasteiger partial charge < -0.3 is 0 Å². The highest BCUT2D eigenvalue weighted by Gasteiger charge is 1.98. The molecule has 4 heteroatoms. The van der Waals surface area contributed by atoms with Crippen molar-refractivity contribution in [1.82, 2.24) is 9.55 Å². The topological polar surface area (TPSA) is 34.9 Å². The van der Waals surface area contributed by atoms with Crippen molar-refractivity contribution in [1.29, 1.82) is 0 Å². The molecule has 0 aliphatic carbocycles. The van der Waals surface area contributed by atoms with Gasteiger partial charge in [0, 0.05) is 24.7 Å². The molecule has 0 saturated carbocycles. The van der Waals surface area contributed by atoms with Crippen molar-refractivity contribution in [2.75, 3.05) is 5.75 Å². The summed E-state index contributed by atoms with van der Waals surface area (Å²) in [6.45, 7) is 6.17. The lowest BCUT2D eigenvalue weighted by Crippen LogP contribution is -2.23. The minimum absolute atomic E-state index is 0.242. The highest BCUT2D eigenvalue weighted by Crippen LogP contribution is 1.97. The van der Waals surface area contributed by atoms with Crippen LogP contribution in [0.3, 0.4) is 0 Å². The van der Waals surface area contributed by atoms with Gasteiger partial charge in [-0.3, -0.25) is 4.57 Å². The van der Waals surface area contributed by atoms with Gasteiger partial charge >= 0.3 is 5.69 Å². The molecule has 0 aliphatic rings. The maximum absolute atomic E-state index is 11.2. The molecule has 0 N–H and O–H groups in total. The molecule has 1 heterocycles. The highest BCUT2D eigenvalue weighted by molar-refractivity contribution is 7.80. The molecular formula is C9H12N2OS. The van der Waals surface area contributed by atoms with Crippen LogP contribution in [0.2, 0.25) is 0 Å². The van der Waals surface area contributed by atoms with Crippen LogP contribution < -0.4 is 5.69 Å². The Kier molecular flexibility index (Phi) is 3.31. The fraction of sp³-hybridized carbons (Fsp3) is 0.333. The molecule has 0 atom stereocenters. The second kappa shape index (κ2) is 4.28. The predicted molar refractivity (Wildman–Crippen MR) is 56.2 cm³/mol. The molecule has 0 unspecified atom stereocenters. The Balaban J connectivity index is 2.94. The number of hydrogen-bond acceptors (Lipinski definition) is 3. The van der Waals surface area contributed by atoms with E-state index in [0.717, 1.165) is 11.1 Å². The summed E-state index contributed by atoms with van der Waals surface area (Å²) in [5.41, 5.74) is 1.62. The zero-order chi connectivity index (χ0) is 9.84. The summed E-state index contributed by atoms with van der Waals surface area (Å²) in [6, 6.07) is 0. The van der Waals surface area contributed by atoms with Crippen molar-refractivity contribution in [3.8, 4) is 0 Å². The van der Waals surface area contributed by atoms with E-state index < -0.39 is 0 Å². The SMILES string of the molecule is C=C(CS)Cn1cc(C)cnc1=O. The lowest BCUT2D eigenvalue weighted by Gasteiger charge is -2.05. The van der Waals surface area contributed by atoms with Gasteiger partial charge in [-0.1, -0.05) is 6.58 Å². The van der Waals surface area contributed by atoms with Crippen molar-refractivity contribution in [2.45, 2.75) is 13.5 Å². The molecule has 0 aliphatic heterocycles. The van der Waals surface area contributed by atoms with Crippen LogP contribution in [0.5, 0.6) is 0 Å². The van der Waals surface area contributed by atoms with Gasteiger partial charge in [0.2, 0.25) is 0 Å². The summed E-state index contributed by atoms with van der Waals surface area (Å²) >= 11 is 4.07. The molecule has 0 radical (unpaired) electrons. The molecule has 0 spiro atoms. The minimum atomic E-state index is -0.242. The molecule has 70 valence electrons. The van der Waals surface area contributed by atoms with E-state index in [4.69, 9.17) is 0 Å². The smallest absolute Gasteiger partial charge is 0.295 e. The minimum Gasteiger partial charge on any atom is -0.295 e. The van der Waals surface area contributed by atoms with Gasteiger partial charge in [-0.25, -0.2) is 9.78 Å². The van der Waals surface area contributed by atoms with Gasteiger partial charge in [-0.2, -0.15) is 12.6 Å². The van der Waals surface area contributed by atoms with E-state index >= 15 is 0 Å². The molecule has 13 heavy (non-hydrogen) atoms. The molecule has 3 nitrogen and oxygen atoms in total. The number of rotatable bonds is 3. The Morgan fingerprint density at radius 3 is 3.08 bits per heavy atom. The highest BCUT2D eigenvalue weighted by atomic mass is 32.1. The lowest BCUT2D eigenvalue weighted by molar-refractivity contribution is 0.714. The zero-order valence-corrected chi connectivity index (χ0v) is 8.42. The summed E-state index contributed by atoms with van der Waals surface area (Å²) in [5.74, 6) is 0.584. The van der Waals surface area contributed by atoms with E-state index in [0.29, 0.717) is 12.3 Å². The number of aromatic nitrogens is 2. The molecule has 1 rings (SSSR count). The molecule has 1 aromatic rings. The van der Waals surface area contributed by atoms with Crippen LogP contribution in [0, 0.1) is 6.92 Å². The largest absolute Gasteiger partial charge is 0.347 e. The van der Waals surface area contributed by atoms with Crippen LogP contribution in [-0.4, -0.2) is 15.3 Å². The molecule has 0 fully saturated rings. The van der Waals surface area contributed by atoms with E-state index in [9.17, 15) is 4.79 Å². The summed E-state index contributed by atoms with van der Waals surface area (Å²) < 4.78 is 1.54. The third kappa shape index (κ3) is 2.73. The van der Waals surface area contributed by atoms with E-state index in [1.54, 1.807) is 12.4 Å². The second-order valence-electron chi connectivity index (χ2n) is 2.95. The molecule has 0 aromatic carbocycles.